The molecule has 2 atom stereocenters. The molecule has 0 unspecified atom stereocenters. The number of para-hydroxylation sites is 1. The Labute approximate surface area is 144 Å². The maximum absolute atomic E-state index is 13.4. The average molecular weight is 338 g/mol. The highest BCUT2D eigenvalue weighted by molar-refractivity contribution is 6.30. The van der Waals surface area contributed by atoms with E-state index in [1.165, 1.54) is 0 Å². The van der Waals surface area contributed by atoms with Gasteiger partial charge in [-0.1, -0.05) is 37.3 Å². The van der Waals surface area contributed by atoms with Crippen LogP contribution in [0.4, 0.5) is 11.4 Å². The Kier molecular flexibility index (Phi) is 3.10. The van der Waals surface area contributed by atoms with Crippen molar-refractivity contribution < 1.29 is 19.9 Å². The first-order valence-electron chi connectivity index (χ1n) is 8.16. The highest BCUT2D eigenvalue weighted by atomic mass is 16.6. The van der Waals surface area contributed by atoms with Crippen molar-refractivity contribution in [3.05, 3.63) is 59.7 Å². The molecule has 2 N–H and O–H groups in total. The number of rotatable bonds is 2. The molecule has 0 aromatic heterocycles. The molecular weight excluding hydrogens is 320 g/mol. The van der Waals surface area contributed by atoms with Gasteiger partial charge in [-0.3, -0.25) is 14.8 Å². The molecule has 2 aromatic rings. The van der Waals surface area contributed by atoms with Crippen molar-refractivity contribution in [3.8, 4) is 0 Å². The molecule has 25 heavy (non-hydrogen) atoms. The number of aryl methyl sites for hydroxylation is 1. The average Bonchev–Trinajstić information content (AvgIpc) is 2.92. The molecule has 0 aliphatic carbocycles. The smallest absolute Gasteiger partial charge is 0.290 e. The van der Waals surface area contributed by atoms with Gasteiger partial charge in [-0.15, -0.1) is 0 Å². The predicted octanol–water partition coefficient (Wildman–Crippen LogP) is 2.11. The van der Waals surface area contributed by atoms with E-state index in [9.17, 15) is 19.9 Å². The third-order valence-corrected chi connectivity index (χ3v) is 5.35. The summed E-state index contributed by atoms with van der Waals surface area (Å²) in [7, 11) is 0. The molecule has 0 spiro atoms. The quantitative estimate of drug-likeness (QED) is 0.820. The zero-order valence-corrected chi connectivity index (χ0v) is 13.9. The van der Waals surface area contributed by atoms with Gasteiger partial charge >= 0.3 is 0 Å². The summed E-state index contributed by atoms with van der Waals surface area (Å²) in [6.45, 7) is 3.58. The van der Waals surface area contributed by atoms with Crippen LogP contribution in [0.25, 0.3) is 0 Å². The van der Waals surface area contributed by atoms with Crippen LogP contribution < -0.4 is 9.96 Å². The van der Waals surface area contributed by atoms with E-state index in [1.807, 2.05) is 13.0 Å². The molecule has 2 amide bonds. The summed E-state index contributed by atoms with van der Waals surface area (Å²) in [5.74, 6) is -1.37. The summed E-state index contributed by atoms with van der Waals surface area (Å²) in [5, 5.41) is 22.4. The van der Waals surface area contributed by atoms with Crippen molar-refractivity contribution in [1.82, 2.24) is 0 Å². The van der Waals surface area contributed by atoms with Gasteiger partial charge in [0.2, 0.25) is 5.91 Å². The first kappa shape index (κ1) is 15.8. The molecule has 4 rings (SSSR count). The minimum absolute atomic E-state index is 0.171. The Hall–Kier alpha value is -2.70. The lowest BCUT2D eigenvalue weighted by Gasteiger charge is -2.33. The van der Waals surface area contributed by atoms with Crippen LogP contribution in [0.3, 0.4) is 0 Å². The fraction of sp³-hybridized carbons (Fsp3) is 0.263. The van der Waals surface area contributed by atoms with Crippen LogP contribution in [0.5, 0.6) is 0 Å². The summed E-state index contributed by atoms with van der Waals surface area (Å²) in [5.41, 5.74) is -1.90. The van der Waals surface area contributed by atoms with Crippen molar-refractivity contribution >= 4 is 23.2 Å². The van der Waals surface area contributed by atoms with Crippen LogP contribution in [0, 0.1) is 6.92 Å². The highest BCUT2D eigenvalue weighted by Gasteiger charge is 2.76. The highest BCUT2D eigenvalue weighted by Crippen LogP contribution is 2.57. The maximum atomic E-state index is 13.4. The van der Waals surface area contributed by atoms with Crippen LogP contribution in [-0.2, 0) is 15.0 Å². The number of anilines is 2. The van der Waals surface area contributed by atoms with Gasteiger partial charge in [0.1, 0.15) is 5.41 Å². The number of nitrogens with zero attached hydrogens (tertiary/aromatic N) is 2. The summed E-state index contributed by atoms with van der Waals surface area (Å²) < 4.78 is 0. The van der Waals surface area contributed by atoms with E-state index in [0.717, 1.165) is 10.5 Å². The van der Waals surface area contributed by atoms with Gasteiger partial charge in [0.25, 0.3) is 11.6 Å². The zero-order valence-electron chi connectivity index (χ0n) is 13.9. The molecule has 2 aliphatic rings. The maximum Gasteiger partial charge on any atom is 0.290 e. The summed E-state index contributed by atoms with van der Waals surface area (Å²) in [6.07, 6.45) is 0.171. The molecule has 0 bridgehead atoms. The van der Waals surface area contributed by atoms with Crippen LogP contribution in [0.15, 0.2) is 48.5 Å². The molecule has 1 saturated heterocycles. The fourth-order valence-electron chi connectivity index (χ4n) is 4.13. The van der Waals surface area contributed by atoms with Gasteiger partial charge in [-0.25, -0.2) is 9.96 Å². The number of benzene rings is 2. The Morgan fingerprint density at radius 3 is 2.44 bits per heavy atom. The fourth-order valence-corrected chi connectivity index (χ4v) is 4.13. The Morgan fingerprint density at radius 1 is 1.04 bits per heavy atom. The Morgan fingerprint density at radius 2 is 1.76 bits per heavy atom. The van der Waals surface area contributed by atoms with E-state index in [1.54, 1.807) is 49.4 Å². The Bertz CT molecular complexity index is 912. The number of hydrogen-bond donors (Lipinski definition) is 2. The molecule has 1 fully saturated rings. The first-order valence-corrected chi connectivity index (χ1v) is 8.16. The number of carbonyl (C=O) groups excluding carboxylic acids is 2. The van der Waals surface area contributed by atoms with Crippen LogP contribution in [0.2, 0.25) is 0 Å². The molecular formula is C19H18N2O4. The monoisotopic (exact) mass is 338 g/mol. The third kappa shape index (κ3) is 1.61. The number of carbonyl (C=O) groups is 2. The lowest BCUT2D eigenvalue weighted by Crippen LogP contribution is -2.59. The number of amides is 2. The summed E-state index contributed by atoms with van der Waals surface area (Å²) in [6, 6.07) is 13.6. The van der Waals surface area contributed by atoms with E-state index in [-0.39, 0.29) is 12.1 Å². The summed E-state index contributed by atoms with van der Waals surface area (Å²) in [4.78, 5) is 27.5. The second-order valence-electron chi connectivity index (χ2n) is 6.54. The molecule has 6 heteroatoms. The van der Waals surface area contributed by atoms with Gasteiger partial charge in [-0.05, 0) is 42.7 Å². The molecule has 0 saturated carbocycles. The lowest BCUT2D eigenvalue weighted by molar-refractivity contribution is -0.147. The number of aliphatic hydroxyl groups is 1. The third-order valence-electron chi connectivity index (χ3n) is 5.35. The normalized spacial score (nSPS) is 27.7. The molecule has 2 heterocycles. The summed E-state index contributed by atoms with van der Waals surface area (Å²) >= 11 is 0. The van der Waals surface area contributed by atoms with E-state index in [2.05, 4.69) is 0 Å². The van der Waals surface area contributed by atoms with Crippen molar-refractivity contribution in [2.75, 3.05) is 9.96 Å². The van der Waals surface area contributed by atoms with Crippen molar-refractivity contribution in [2.24, 2.45) is 0 Å². The van der Waals surface area contributed by atoms with E-state index in [0.29, 0.717) is 16.3 Å². The van der Waals surface area contributed by atoms with Crippen LogP contribution in [-0.4, -0.2) is 27.9 Å². The second-order valence-corrected chi connectivity index (χ2v) is 6.54. The van der Waals surface area contributed by atoms with Crippen LogP contribution >= 0.6 is 0 Å². The molecule has 0 radical (unpaired) electrons. The van der Waals surface area contributed by atoms with Gasteiger partial charge in [-0.2, -0.15) is 0 Å². The largest absolute Gasteiger partial charge is 0.360 e. The topological polar surface area (TPSA) is 81.1 Å². The zero-order chi connectivity index (χ0) is 18.0. The SMILES string of the molecule is CC[C@]12C(=O)N(c3cccc(C)c3)C(=O)[C@@]1(O)N(O)c1ccccc12. The number of imide groups is 1. The predicted molar refractivity (Wildman–Crippen MR) is 91.3 cm³/mol. The number of fused-ring (bicyclic) bond motifs is 3. The standard InChI is InChI=1S/C19H18N2O4/c1-3-18-14-9-4-5-10-15(14)21(25)19(18,24)17(23)20(16(18)22)13-8-6-7-12(2)11-13/h4-11,24-25H,3H2,1-2H3/t18-,19-/m0/s1. The first-order chi connectivity index (χ1) is 11.9. The molecule has 6 nitrogen and oxygen atoms in total. The van der Waals surface area contributed by atoms with Gasteiger partial charge in [0.05, 0.1) is 11.4 Å². The molecule has 2 aromatic carbocycles. The second kappa shape index (κ2) is 4.91. The van der Waals surface area contributed by atoms with Crippen LogP contribution in [0.1, 0.15) is 24.5 Å². The van der Waals surface area contributed by atoms with Crippen molar-refractivity contribution in [3.63, 3.8) is 0 Å². The van der Waals surface area contributed by atoms with E-state index < -0.39 is 23.0 Å². The molecule has 2 aliphatic heterocycles. The van der Waals surface area contributed by atoms with Crippen molar-refractivity contribution in [2.45, 2.75) is 31.4 Å². The lowest BCUT2D eigenvalue weighted by atomic mass is 9.73. The minimum atomic E-state index is -2.35. The number of hydrogen-bond acceptors (Lipinski definition) is 5. The van der Waals surface area contributed by atoms with Gasteiger partial charge < -0.3 is 5.11 Å². The Balaban J connectivity index is 1.99. The number of hydroxylamine groups is 1. The minimum Gasteiger partial charge on any atom is -0.360 e. The van der Waals surface area contributed by atoms with Crippen molar-refractivity contribution in [1.29, 1.82) is 0 Å². The van der Waals surface area contributed by atoms with Gasteiger partial charge in [0, 0.05) is 0 Å². The van der Waals surface area contributed by atoms with E-state index in [4.69, 9.17) is 0 Å². The van der Waals surface area contributed by atoms with E-state index >= 15 is 0 Å². The van der Waals surface area contributed by atoms with Gasteiger partial charge in [0.15, 0.2) is 0 Å². The molecule has 128 valence electrons.